The predicted octanol–water partition coefficient (Wildman–Crippen LogP) is 4.99. The fourth-order valence-corrected chi connectivity index (χ4v) is 5.54. The number of thiazole rings is 1. The number of anilines is 1. The molecule has 1 aliphatic rings. The van der Waals surface area contributed by atoms with Crippen LogP contribution in [0.5, 0.6) is 5.75 Å². The molecule has 1 fully saturated rings. The van der Waals surface area contributed by atoms with E-state index < -0.39 is 0 Å². The van der Waals surface area contributed by atoms with Crippen LogP contribution in [0.25, 0.3) is 16.0 Å². The summed E-state index contributed by atoms with van der Waals surface area (Å²) in [4.78, 5) is 20.1. The largest absolute Gasteiger partial charge is 0.497 e. The molecule has 0 spiro atoms. The number of piperidine rings is 1. The van der Waals surface area contributed by atoms with E-state index in [1.807, 2.05) is 60.1 Å². The molecular formula is C25H26ClN5O2S. The maximum absolute atomic E-state index is 12.9. The van der Waals surface area contributed by atoms with Crippen molar-refractivity contribution in [1.82, 2.24) is 20.1 Å². The Morgan fingerprint density at radius 1 is 1.26 bits per heavy atom. The van der Waals surface area contributed by atoms with E-state index in [9.17, 15) is 4.79 Å². The quantitative estimate of drug-likeness (QED) is 0.408. The number of halogens is 1. The number of hydrogen-bond donors (Lipinski definition) is 1. The Labute approximate surface area is 207 Å². The maximum Gasteiger partial charge on any atom is 0.225 e. The molecule has 7 nitrogen and oxygen atoms in total. The Bertz CT molecular complexity index is 1320. The average molecular weight is 496 g/mol. The van der Waals surface area contributed by atoms with Crippen molar-refractivity contribution in [2.75, 3.05) is 25.1 Å². The summed E-state index contributed by atoms with van der Waals surface area (Å²) < 4.78 is 8.22. The lowest BCUT2D eigenvalue weighted by atomic mass is 9.97. The van der Waals surface area contributed by atoms with Crippen LogP contribution in [0, 0.1) is 12.8 Å². The van der Waals surface area contributed by atoms with E-state index in [2.05, 4.69) is 10.2 Å². The first-order valence-electron chi connectivity index (χ1n) is 11.3. The van der Waals surface area contributed by atoms with Gasteiger partial charge in [-0.2, -0.15) is 10.1 Å². The van der Waals surface area contributed by atoms with Gasteiger partial charge in [-0.25, -0.2) is 4.68 Å². The molecule has 2 aromatic heterocycles. The summed E-state index contributed by atoms with van der Waals surface area (Å²) in [6, 6.07) is 15.4. The normalized spacial score (nSPS) is 16.1. The van der Waals surface area contributed by atoms with Crippen molar-refractivity contribution >= 4 is 44.3 Å². The van der Waals surface area contributed by atoms with Gasteiger partial charge < -0.3 is 15.0 Å². The van der Waals surface area contributed by atoms with Gasteiger partial charge in [-0.15, -0.1) is 0 Å². The summed E-state index contributed by atoms with van der Waals surface area (Å²) in [7, 11) is 1.65. The number of amides is 1. The van der Waals surface area contributed by atoms with Crippen molar-refractivity contribution in [3.63, 3.8) is 0 Å². The van der Waals surface area contributed by atoms with Crippen molar-refractivity contribution in [2.24, 2.45) is 5.92 Å². The first-order valence-corrected chi connectivity index (χ1v) is 12.5. The first kappa shape index (κ1) is 22.7. The van der Waals surface area contributed by atoms with E-state index in [-0.39, 0.29) is 11.8 Å². The zero-order valence-electron chi connectivity index (χ0n) is 19.1. The van der Waals surface area contributed by atoms with Crippen LogP contribution in [0.4, 0.5) is 5.13 Å². The average Bonchev–Trinajstić information content (AvgIpc) is 3.43. The van der Waals surface area contributed by atoms with Gasteiger partial charge >= 0.3 is 0 Å². The molecule has 3 heterocycles. The Morgan fingerprint density at radius 2 is 2.09 bits per heavy atom. The van der Waals surface area contributed by atoms with Crippen LogP contribution in [0.2, 0.25) is 5.02 Å². The molecule has 1 N–H and O–H groups in total. The SMILES string of the molecule is COc1ccc(-n2nc(C)c3sc(N4CCC[C@@H](C(=O)NCc5cccc(Cl)c5)C4)nc32)cc1. The third-order valence-electron chi connectivity index (χ3n) is 6.11. The monoisotopic (exact) mass is 495 g/mol. The van der Waals surface area contributed by atoms with Gasteiger partial charge in [0.25, 0.3) is 0 Å². The molecule has 9 heteroatoms. The number of aromatic nitrogens is 3. The molecule has 176 valence electrons. The van der Waals surface area contributed by atoms with Gasteiger partial charge in [-0.3, -0.25) is 4.79 Å². The second-order valence-corrected chi connectivity index (χ2v) is 9.89. The Kier molecular flexibility index (Phi) is 6.43. The summed E-state index contributed by atoms with van der Waals surface area (Å²) in [6.07, 6.45) is 1.83. The molecular weight excluding hydrogens is 470 g/mol. The van der Waals surface area contributed by atoms with E-state index in [1.54, 1.807) is 18.4 Å². The third-order valence-corrected chi connectivity index (χ3v) is 7.56. The topological polar surface area (TPSA) is 72.3 Å². The number of benzene rings is 2. The van der Waals surface area contributed by atoms with Crippen LogP contribution >= 0.6 is 22.9 Å². The Balaban J connectivity index is 1.31. The number of methoxy groups -OCH3 is 1. The molecule has 1 amide bonds. The van der Waals surface area contributed by atoms with E-state index in [0.29, 0.717) is 18.1 Å². The molecule has 5 rings (SSSR count). The molecule has 34 heavy (non-hydrogen) atoms. The second kappa shape index (κ2) is 9.64. The number of nitrogens with one attached hydrogen (secondary N) is 1. The Hall–Kier alpha value is -3.10. The number of aryl methyl sites for hydroxylation is 1. The summed E-state index contributed by atoms with van der Waals surface area (Å²) in [5.74, 6) is 0.807. The van der Waals surface area contributed by atoms with E-state index in [0.717, 1.165) is 57.6 Å². The number of fused-ring (bicyclic) bond motifs is 1. The highest BCUT2D eigenvalue weighted by atomic mass is 35.5. The van der Waals surface area contributed by atoms with Crippen molar-refractivity contribution in [2.45, 2.75) is 26.3 Å². The summed E-state index contributed by atoms with van der Waals surface area (Å²) in [5, 5.41) is 9.38. The molecule has 0 saturated carbocycles. The van der Waals surface area contributed by atoms with Gasteiger partial charge in [-0.05, 0) is 61.7 Å². The minimum Gasteiger partial charge on any atom is -0.497 e. The minimum atomic E-state index is -0.0702. The van der Waals surface area contributed by atoms with Gasteiger partial charge in [0.1, 0.15) is 5.75 Å². The lowest BCUT2D eigenvalue weighted by molar-refractivity contribution is -0.125. The minimum absolute atomic E-state index is 0.0702. The standard InChI is InChI=1S/C25H26ClN5O2S/c1-16-22-23(31(29-16)20-8-10-21(33-2)11-9-20)28-25(34-22)30-12-4-6-18(15-30)24(32)27-14-17-5-3-7-19(26)13-17/h3,5,7-11,13,18H,4,6,12,14-15H2,1-2H3,(H,27,32)/t18-/m1/s1. The number of ether oxygens (including phenoxy) is 1. The van der Waals surface area contributed by atoms with Crippen LogP contribution in [0.3, 0.4) is 0 Å². The van der Waals surface area contributed by atoms with E-state index in [1.165, 1.54) is 0 Å². The molecule has 0 unspecified atom stereocenters. The number of carbonyl (C=O) groups excluding carboxylic acids is 1. The highest BCUT2D eigenvalue weighted by Gasteiger charge is 2.28. The van der Waals surface area contributed by atoms with Crippen molar-refractivity contribution in [1.29, 1.82) is 0 Å². The zero-order chi connectivity index (χ0) is 23.7. The lowest BCUT2D eigenvalue weighted by Gasteiger charge is -2.31. The van der Waals surface area contributed by atoms with E-state index in [4.69, 9.17) is 26.4 Å². The molecule has 2 aromatic carbocycles. The maximum atomic E-state index is 12.9. The molecule has 0 bridgehead atoms. The summed E-state index contributed by atoms with van der Waals surface area (Å²) in [5.41, 5.74) is 3.73. The van der Waals surface area contributed by atoms with Crippen LogP contribution in [-0.2, 0) is 11.3 Å². The highest BCUT2D eigenvalue weighted by Crippen LogP contribution is 2.34. The van der Waals surface area contributed by atoms with Crippen molar-refractivity contribution in [3.8, 4) is 11.4 Å². The number of rotatable bonds is 6. The van der Waals surface area contributed by atoms with E-state index >= 15 is 0 Å². The van der Waals surface area contributed by atoms with Crippen LogP contribution in [0.15, 0.2) is 48.5 Å². The summed E-state index contributed by atoms with van der Waals surface area (Å²) in [6.45, 7) is 4.04. The smallest absolute Gasteiger partial charge is 0.225 e. The molecule has 1 aliphatic heterocycles. The van der Waals surface area contributed by atoms with Gasteiger partial charge in [0, 0.05) is 24.7 Å². The van der Waals surface area contributed by atoms with Gasteiger partial charge in [0.05, 0.1) is 29.1 Å². The predicted molar refractivity (Wildman–Crippen MR) is 136 cm³/mol. The zero-order valence-corrected chi connectivity index (χ0v) is 20.7. The molecule has 0 radical (unpaired) electrons. The van der Waals surface area contributed by atoms with Gasteiger partial charge in [-0.1, -0.05) is 35.1 Å². The number of carbonyl (C=O) groups is 1. The second-order valence-electron chi connectivity index (χ2n) is 8.48. The van der Waals surface area contributed by atoms with Crippen molar-refractivity contribution < 1.29 is 9.53 Å². The number of hydrogen-bond acceptors (Lipinski definition) is 6. The van der Waals surface area contributed by atoms with Crippen LogP contribution in [-0.4, -0.2) is 40.9 Å². The van der Waals surface area contributed by atoms with Crippen molar-refractivity contribution in [3.05, 3.63) is 64.8 Å². The fourth-order valence-electron chi connectivity index (χ4n) is 4.31. The Morgan fingerprint density at radius 3 is 2.85 bits per heavy atom. The molecule has 0 aliphatic carbocycles. The van der Waals surface area contributed by atoms with Crippen LogP contribution < -0.4 is 15.0 Å². The molecule has 1 atom stereocenters. The first-order chi connectivity index (χ1) is 16.5. The summed E-state index contributed by atoms with van der Waals surface area (Å²) >= 11 is 7.70. The highest BCUT2D eigenvalue weighted by molar-refractivity contribution is 7.22. The lowest BCUT2D eigenvalue weighted by Crippen LogP contribution is -2.43. The molecule has 1 saturated heterocycles. The third kappa shape index (κ3) is 4.60. The van der Waals surface area contributed by atoms with Crippen LogP contribution in [0.1, 0.15) is 24.1 Å². The number of nitrogens with zero attached hydrogens (tertiary/aromatic N) is 4. The molecule has 4 aromatic rings. The van der Waals surface area contributed by atoms with Gasteiger partial charge in [0.2, 0.25) is 5.91 Å². The fraction of sp³-hybridized carbons (Fsp3) is 0.320. The van der Waals surface area contributed by atoms with Gasteiger partial charge in [0.15, 0.2) is 10.8 Å².